The molecule has 2 rings (SSSR count). The maximum atomic E-state index is 12.2. The highest BCUT2D eigenvalue weighted by atomic mass is 19.4. The van der Waals surface area contributed by atoms with Crippen LogP contribution in [0.2, 0.25) is 0 Å². The molecule has 0 bridgehead atoms. The number of halogens is 3. The molecule has 0 aromatic heterocycles. The zero-order valence-electron chi connectivity index (χ0n) is 10.0. The second-order valence-electron chi connectivity index (χ2n) is 4.13. The Hall–Kier alpha value is -2.17. The Morgan fingerprint density at radius 3 is 2.37 bits per heavy atom. The number of phenolic OH excluding ortho intramolecular Hbond substituents is 1. The minimum absolute atomic E-state index is 0.279. The molecule has 0 spiro atoms. The summed E-state index contributed by atoms with van der Waals surface area (Å²) >= 11 is 0. The van der Waals surface area contributed by atoms with Gasteiger partial charge >= 0.3 is 6.36 Å². The first-order valence-corrected chi connectivity index (χ1v) is 5.50. The second-order valence-corrected chi connectivity index (χ2v) is 4.13. The smallest absolute Gasteiger partial charge is 0.508 e. The van der Waals surface area contributed by atoms with Crippen LogP contribution in [-0.4, -0.2) is 11.5 Å². The Balaban J connectivity index is 2.42. The van der Waals surface area contributed by atoms with Crippen molar-refractivity contribution in [3.05, 3.63) is 48.0 Å². The largest absolute Gasteiger partial charge is 0.573 e. The Labute approximate surface area is 108 Å². The van der Waals surface area contributed by atoms with E-state index in [1.165, 1.54) is 12.1 Å². The molecule has 2 aromatic carbocycles. The van der Waals surface area contributed by atoms with E-state index in [1.54, 1.807) is 12.1 Å². The Morgan fingerprint density at radius 2 is 1.74 bits per heavy atom. The van der Waals surface area contributed by atoms with E-state index in [0.29, 0.717) is 11.1 Å². The van der Waals surface area contributed by atoms with Gasteiger partial charge in [-0.05, 0) is 30.2 Å². The van der Waals surface area contributed by atoms with Crippen LogP contribution >= 0.6 is 0 Å². The number of benzene rings is 2. The number of alkyl halides is 3. The fourth-order valence-electron chi connectivity index (χ4n) is 1.77. The van der Waals surface area contributed by atoms with Gasteiger partial charge in [-0.2, -0.15) is 0 Å². The van der Waals surface area contributed by atoms with Gasteiger partial charge in [0.15, 0.2) is 0 Å². The third-order valence-electron chi connectivity index (χ3n) is 2.48. The van der Waals surface area contributed by atoms with Crippen molar-refractivity contribution in [3.8, 4) is 22.6 Å². The van der Waals surface area contributed by atoms with Crippen LogP contribution in [0.1, 0.15) is 5.56 Å². The minimum atomic E-state index is -4.78. The number of phenols is 1. The number of aromatic hydroxyl groups is 1. The van der Waals surface area contributed by atoms with Gasteiger partial charge in [-0.1, -0.05) is 29.8 Å². The summed E-state index contributed by atoms with van der Waals surface area (Å²) in [6, 6.07) is 10.8. The predicted molar refractivity (Wildman–Crippen MR) is 65.0 cm³/mol. The quantitative estimate of drug-likeness (QED) is 0.881. The summed E-state index contributed by atoms with van der Waals surface area (Å²) in [6.45, 7) is 1.87. The standard InChI is InChI=1S/C14H11F3O2/c1-9-3-2-4-10(5-9)11-6-12(18)8-13(7-11)19-14(15,16)17/h2-8,18H,1H3. The summed E-state index contributed by atoms with van der Waals surface area (Å²) in [6.07, 6.45) is -4.78. The van der Waals surface area contributed by atoms with Crippen LogP contribution in [0, 0.1) is 6.92 Å². The fourth-order valence-corrected chi connectivity index (χ4v) is 1.77. The first-order valence-electron chi connectivity index (χ1n) is 5.50. The van der Waals surface area contributed by atoms with Crippen LogP contribution < -0.4 is 4.74 Å². The molecule has 1 N–H and O–H groups in total. The van der Waals surface area contributed by atoms with E-state index in [-0.39, 0.29) is 5.75 Å². The molecule has 2 nitrogen and oxygen atoms in total. The second kappa shape index (κ2) is 4.84. The molecule has 0 saturated carbocycles. The van der Waals surface area contributed by atoms with Crippen LogP contribution in [0.15, 0.2) is 42.5 Å². The molecule has 2 aromatic rings. The van der Waals surface area contributed by atoms with Crippen molar-refractivity contribution < 1.29 is 23.0 Å². The summed E-state index contributed by atoms with van der Waals surface area (Å²) in [5.74, 6) is -0.720. The molecule has 0 aliphatic carbocycles. The SMILES string of the molecule is Cc1cccc(-c2cc(O)cc(OC(F)(F)F)c2)c1. The van der Waals surface area contributed by atoms with Gasteiger partial charge < -0.3 is 9.84 Å². The van der Waals surface area contributed by atoms with E-state index in [1.807, 2.05) is 19.1 Å². The Morgan fingerprint density at radius 1 is 1.00 bits per heavy atom. The molecule has 0 saturated heterocycles. The fraction of sp³-hybridized carbons (Fsp3) is 0.143. The van der Waals surface area contributed by atoms with Gasteiger partial charge in [0.2, 0.25) is 0 Å². The highest BCUT2D eigenvalue weighted by Gasteiger charge is 2.31. The number of hydrogen-bond donors (Lipinski definition) is 1. The first kappa shape index (κ1) is 13.3. The van der Waals surface area contributed by atoms with E-state index in [9.17, 15) is 18.3 Å². The van der Waals surface area contributed by atoms with E-state index < -0.39 is 12.1 Å². The normalized spacial score (nSPS) is 11.4. The maximum absolute atomic E-state index is 12.2. The maximum Gasteiger partial charge on any atom is 0.573 e. The van der Waals surface area contributed by atoms with Crippen molar-refractivity contribution in [2.45, 2.75) is 13.3 Å². The lowest BCUT2D eigenvalue weighted by molar-refractivity contribution is -0.274. The van der Waals surface area contributed by atoms with E-state index in [4.69, 9.17) is 0 Å². The number of ether oxygens (including phenoxy) is 1. The summed E-state index contributed by atoms with van der Waals surface area (Å²) in [7, 11) is 0. The molecule has 0 fully saturated rings. The van der Waals surface area contributed by atoms with E-state index in [2.05, 4.69) is 4.74 Å². The molecule has 5 heteroatoms. The van der Waals surface area contributed by atoms with Crippen molar-refractivity contribution in [1.82, 2.24) is 0 Å². The lowest BCUT2D eigenvalue weighted by Gasteiger charge is -2.11. The van der Waals surface area contributed by atoms with Gasteiger partial charge in [0, 0.05) is 6.07 Å². The van der Waals surface area contributed by atoms with Gasteiger partial charge in [-0.25, -0.2) is 0 Å². The monoisotopic (exact) mass is 268 g/mol. The Bertz CT molecular complexity index is 591. The molecule has 0 aliphatic rings. The van der Waals surface area contributed by atoms with Gasteiger partial charge in [-0.15, -0.1) is 13.2 Å². The summed E-state index contributed by atoms with van der Waals surface area (Å²) in [5.41, 5.74) is 2.14. The molecule has 0 heterocycles. The van der Waals surface area contributed by atoms with Crippen LogP contribution in [0.5, 0.6) is 11.5 Å². The zero-order chi connectivity index (χ0) is 14.0. The van der Waals surface area contributed by atoms with Gasteiger partial charge in [0.05, 0.1) is 0 Å². The van der Waals surface area contributed by atoms with Crippen LogP contribution in [0.3, 0.4) is 0 Å². The average Bonchev–Trinajstić information content (AvgIpc) is 2.25. The summed E-state index contributed by atoms with van der Waals surface area (Å²) < 4.78 is 40.3. The molecule has 19 heavy (non-hydrogen) atoms. The van der Waals surface area contributed by atoms with Crippen molar-refractivity contribution in [2.24, 2.45) is 0 Å². The van der Waals surface area contributed by atoms with Crippen LogP contribution in [-0.2, 0) is 0 Å². The molecule has 0 amide bonds. The highest BCUT2D eigenvalue weighted by Crippen LogP contribution is 2.32. The third kappa shape index (κ3) is 3.64. The van der Waals surface area contributed by atoms with E-state index >= 15 is 0 Å². The summed E-state index contributed by atoms with van der Waals surface area (Å²) in [5, 5.41) is 9.47. The lowest BCUT2D eigenvalue weighted by atomic mass is 10.0. The molecule has 0 atom stereocenters. The number of hydrogen-bond acceptors (Lipinski definition) is 2. The lowest BCUT2D eigenvalue weighted by Crippen LogP contribution is -2.17. The molecular weight excluding hydrogens is 257 g/mol. The molecule has 0 unspecified atom stereocenters. The van der Waals surface area contributed by atoms with Gasteiger partial charge in [-0.3, -0.25) is 0 Å². The van der Waals surface area contributed by atoms with Gasteiger partial charge in [0.25, 0.3) is 0 Å². The van der Waals surface area contributed by atoms with Crippen LogP contribution in [0.25, 0.3) is 11.1 Å². The van der Waals surface area contributed by atoms with Crippen molar-refractivity contribution in [2.75, 3.05) is 0 Å². The Kier molecular flexibility index (Phi) is 3.38. The molecule has 0 aliphatic heterocycles. The van der Waals surface area contributed by atoms with Crippen molar-refractivity contribution >= 4 is 0 Å². The summed E-state index contributed by atoms with van der Waals surface area (Å²) in [4.78, 5) is 0. The van der Waals surface area contributed by atoms with Crippen molar-refractivity contribution in [3.63, 3.8) is 0 Å². The van der Waals surface area contributed by atoms with Crippen LogP contribution in [0.4, 0.5) is 13.2 Å². The highest BCUT2D eigenvalue weighted by molar-refractivity contribution is 5.67. The van der Waals surface area contributed by atoms with Gasteiger partial charge in [0.1, 0.15) is 11.5 Å². The zero-order valence-corrected chi connectivity index (χ0v) is 10.0. The first-order chi connectivity index (χ1) is 8.83. The molecular formula is C14H11F3O2. The average molecular weight is 268 g/mol. The topological polar surface area (TPSA) is 29.5 Å². The van der Waals surface area contributed by atoms with Crippen molar-refractivity contribution in [1.29, 1.82) is 0 Å². The predicted octanol–water partition coefficient (Wildman–Crippen LogP) is 4.27. The minimum Gasteiger partial charge on any atom is -0.508 e. The number of aryl methyl sites for hydroxylation is 1. The molecule has 0 radical (unpaired) electrons. The molecule has 100 valence electrons. The van der Waals surface area contributed by atoms with E-state index in [0.717, 1.165) is 11.6 Å². The third-order valence-corrected chi connectivity index (χ3v) is 2.48. The number of rotatable bonds is 2.